The van der Waals surface area contributed by atoms with E-state index in [1.807, 2.05) is 13.8 Å². The van der Waals surface area contributed by atoms with Gasteiger partial charge in [-0.1, -0.05) is 12.2 Å². The third-order valence-electron chi connectivity index (χ3n) is 2.33. The number of hydrogen-bond donors (Lipinski definition) is 1. The summed E-state index contributed by atoms with van der Waals surface area (Å²) < 4.78 is 4.91. The molecule has 0 aliphatic rings. The van der Waals surface area contributed by atoms with E-state index >= 15 is 0 Å². The lowest BCUT2D eigenvalue weighted by Crippen LogP contribution is -2.38. The van der Waals surface area contributed by atoms with Crippen LogP contribution in [0.3, 0.4) is 0 Å². The van der Waals surface area contributed by atoms with Gasteiger partial charge in [0.2, 0.25) is 5.22 Å². The molecule has 6 heteroatoms. The molecule has 0 fully saturated rings. The van der Waals surface area contributed by atoms with E-state index in [0.717, 1.165) is 0 Å². The Bertz CT molecular complexity index is 417. The molecule has 0 atom stereocenters. The molecule has 0 radical (unpaired) electrons. The van der Waals surface area contributed by atoms with E-state index in [9.17, 15) is 4.79 Å². The fraction of sp³-hybridized carbons (Fsp3) is 0.455. The normalized spacial score (nSPS) is 10.6. The second-order valence-corrected chi connectivity index (χ2v) is 4.78. The minimum absolute atomic E-state index is 0.0443. The van der Waals surface area contributed by atoms with Crippen LogP contribution in [0, 0.1) is 0 Å². The molecule has 2 N–H and O–H groups in total. The summed E-state index contributed by atoms with van der Waals surface area (Å²) >= 11 is 10.6. The van der Waals surface area contributed by atoms with Crippen LogP contribution >= 0.6 is 23.8 Å². The third kappa shape index (κ3) is 3.71. The van der Waals surface area contributed by atoms with Gasteiger partial charge in [0, 0.05) is 19.0 Å². The van der Waals surface area contributed by atoms with Gasteiger partial charge >= 0.3 is 0 Å². The molecular formula is C11H15ClN2O2S. The molecule has 94 valence electrons. The van der Waals surface area contributed by atoms with Crippen LogP contribution in [-0.4, -0.2) is 28.4 Å². The molecule has 0 aliphatic carbocycles. The Balaban J connectivity index is 2.81. The number of thiocarbonyl (C=S) groups is 1. The first-order valence-electron chi connectivity index (χ1n) is 5.25. The van der Waals surface area contributed by atoms with E-state index in [0.29, 0.717) is 23.5 Å². The summed E-state index contributed by atoms with van der Waals surface area (Å²) in [6.45, 7) is 4.32. The van der Waals surface area contributed by atoms with Crippen molar-refractivity contribution in [3.63, 3.8) is 0 Å². The summed E-state index contributed by atoms with van der Waals surface area (Å²) in [6, 6.07) is 1.60. The van der Waals surface area contributed by atoms with E-state index < -0.39 is 0 Å². The van der Waals surface area contributed by atoms with Crippen LogP contribution < -0.4 is 5.73 Å². The molecule has 1 amide bonds. The molecule has 17 heavy (non-hydrogen) atoms. The molecule has 1 rings (SSSR count). The average molecular weight is 275 g/mol. The first kappa shape index (κ1) is 14.0. The summed E-state index contributed by atoms with van der Waals surface area (Å²) in [7, 11) is 0. The predicted octanol–water partition coefficient (Wildman–Crippen LogP) is 2.46. The Hall–Kier alpha value is -1.07. The summed E-state index contributed by atoms with van der Waals surface area (Å²) in [5, 5.41) is 0.107. The lowest BCUT2D eigenvalue weighted by molar-refractivity contribution is 0.0711. The number of furan rings is 1. The van der Waals surface area contributed by atoms with E-state index in [1.54, 1.807) is 11.0 Å². The lowest BCUT2D eigenvalue weighted by Gasteiger charge is -2.26. The molecule has 0 saturated heterocycles. The standard InChI is InChI=1S/C11H15ClN2O2S/c1-7(2)14(5-3-9(13)17)11(15)8-4-6-16-10(8)12/h4,6-7H,3,5H2,1-2H3,(H2,13,17). The van der Waals surface area contributed by atoms with Crippen molar-refractivity contribution in [1.82, 2.24) is 4.90 Å². The van der Waals surface area contributed by atoms with Gasteiger partial charge in [0.25, 0.3) is 5.91 Å². The van der Waals surface area contributed by atoms with Crippen molar-refractivity contribution >= 4 is 34.7 Å². The smallest absolute Gasteiger partial charge is 0.258 e. The molecule has 0 saturated carbocycles. The van der Waals surface area contributed by atoms with Crippen LogP contribution in [0.2, 0.25) is 5.22 Å². The summed E-state index contributed by atoms with van der Waals surface area (Å²) in [5.41, 5.74) is 5.80. The highest BCUT2D eigenvalue weighted by Crippen LogP contribution is 2.19. The Kier molecular flexibility index (Phi) is 4.96. The molecule has 1 heterocycles. The van der Waals surface area contributed by atoms with Crippen LogP contribution in [0.1, 0.15) is 30.6 Å². The van der Waals surface area contributed by atoms with Crippen LogP contribution in [0.4, 0.5) is 0 Å². The number of hydrogen-bond acceptors (Lipinski definition) is 3. The molecule has 4 nitrogen and oxygen atoms in total. The van der Waals surface area contributed by atoms with Gasteiger partial charge in [-0.15, -0.1) is 0 Å². The summed E-state index contributed by atoms with van der Waals surface area (Å²) in [6.07, 6.45) is 1.89. The molecular weight excluding hydrogens is 260 g/mol. The zero-order chi connectivity index (χ0) is 13.0. The molecule has 0 aromatic carbocycles. The number of halogens is 1. The zero-order valence-corrected chi connectivity index (χ0v) is 11.3. The maximum Gasteiger partial charge on any atom is 0.258 e. The fourth-order valence-electron chi connectivity index (χ4n) is 1.43. The maximum atomic E-state index is 12.2. The van der Waals surface area contributed by atoms with E-state index in [1.165, 1.54) is 6.26 Å². The van der Waals surface area contributed by atoms with Crippen molar-refractivity contribution in [2.45, 2.75) is 26.3 Å². The average Bonchev–Trinajstić information content (AvgIpc) is 2.63. The second-order valence-electron chi connectivity index (χ2n) is 3.92. The van der Waals surface area contributed by atoms with Gasteiger partial charge in [0.1, 0.15) is 0 Å². The molecule has 0 aliphatic heterocycles. The van der Waals surface area contributed by atoms with Gasteiger partial charge < -0.3 is 15.1 Å². The topological polar surface area (TPSA) is 59.5 Å². The Morgan fingerprint density at radius 3 is 2.71 bits per heavy atom. The number of carbonyl (C=O) groups excluding carboxylic acids is 1. The first-order valence-corrected chi connectivity index (χ1v) is 6.04. The van der Waals surface area contributed by atoms with Crippen molar-refractivity contribution in [2.75, 3.05) is 6.54 Å². The van der Waals surface area contributed by atoms with E-state index in [2.05, 4.69) is 0 Å². The maximum absolute atomic E-state index is 12.2. The minimum Gasteiger partial charge on any atom is -0.452 e. The van der Waals surface area contributed by atoms with Gasteiger partial charge in [-0.25, -0.2) is 0 Å². The summed E-state index contributed by atoms with van der Waals surface area (Å²) in [5.74, 6) is -0.171. The number of carbonyl (C=O) groups is 1. The SMILES string of the molecule is CC(C)N(CCC(N)=S)C(=O)c1ccoc1Cl. The molecule has 1 aromatic heterocycles. The predicted molar refractivity (Wildman–Crippen MR) is 71.3 cm³/mol. The van der Waals surface area contributed by atoms with Crippen molar-refractivity contribution < 1.29 is 9.21 Å². The summed E-state index contributed by atoms with van der Waals surface area (Å²) in [4.78, 5) is 14.2. The van der Waals surface area contributed by atoms with Gasteiger partial charge in [-0.05, 0) is 31.5 Å². The van der Waals surface area contributed by atoms with Crippen molar-refractivity contribution in [3.05, 3.63) is 23.1 Å². The number of amides is 1. The first-order chi connectivity index (χ1) is 7.93. The van der Waals surface area contributed by atoms with Crippen molar-refractivity contribution in [2.24, 2.45) is 5.73 Å². The fourth-order valence-corrected chi connectivity index (χ4v) is 1.71. The van der Waals surface area contributed by atoms with E-state index in [-0.39, 0.29) is 17.2 Å². The highest BCUT2D eigenvalue weighted by Gasteiger charge is 2.22. The number of nitrogens with two attached hydrogens (primary N) is 1. The van der Waals surface area contributed by atoms with Gasteiger partial charge in [0.05, 0.1) is 16.8 Å². The highest BCUT2D eigenvalue weighted by molar-refractivity contribution is 7.80. The van der Waals surface area contributed by atoms with Gasteiger partial charge in [0.15, 0.2) is 0 Å². The Morgan fingerprint density at radius 2 is 2.29 bits per heavy atom. The number of nitrogens with zero attached hydrogens (tertiary/aromatic N) is 1. The minimum atomic E-state index is -0.171. The van der Waals surface area contributed by atoms with Gasteiger partial charge in [-0.2, -0.15) is 0 Å². The molecule has 0 unspecified atom stereocenters. The van der Waals surface area contributed by atoms with Crippen LogP contribution in [-0.2, 0) is 0 Å². The van der Waals surface area contributed by atoms with E-state index in [4.69, 9.17) is 34.0 Å². The molecule has 1 aromatic rings. The quantitative estimate of drug-likeness (QED) is 0.838. The highest BCUT2D eigenvalue weighted by atomic mass is 35.5. The monoisotopic (exact) mass is 274 g/mol. The van der Waals surface area contributed by atoms with Crippen LogP contribution in [0.15, 0.2) is 16.7 Å². The van der Waals surface area contributed by atoms with Crippen LogP contribution in [0.5, 0.6) is 0 Å². The molecule has 0 spiro atoms. The van der Waals surface area contributed by atoms with Crippen molar-refractivity contribution in [1.29, 1.82) is 0 Å². The van der Waals surface area contributed by atoms with Crippen molar-refractivity contribution in [3.8, 4) is 0 Å². The number of rotatable bonds is 5. The molecule has 0 bridgehead atoms. The van der Waals surface area contributed by atoms with Gasteiger partial charge in [-0.3, -0.25) is 4.79 Å². The third-order valence-corrected chi connectivity index (χ3v) is 2.83. The zero-order valence-electron chi connectivity index (χ0n) is 9.77. The Morgan fingerprint density at radius 1 is 1.65 bits per heavy atom. The lowest BCUT2D eigenvalue weighted by atomic mass is 10.2. The largest absolute Gasteiger partial charge is 0.452 e. The second kappa shape index (κ2) is 6.02. The van der Waals surface area contributed by atoms with Crippen LogP contribution in [0.25, 0.3) is 0 Å². The Labute approximate surface area is 111 Å².